The molecule has 0 radical (unpaired) electrons. The fraction of sp³-hybridized carbons (Fsp3) is 0.500. The molecule has 2 aromatic rings. The second kappa shape index (κ2) is 15.0. The van der Waals surface area contributed by atoms with E-state index in [2.05, 4.69) is 27.7 Å². The number of Topliss-reactive ketones (excluding diaryl/α,β-unsaturated/α-hetero) is 2. The Labute approximate surface area is 316 Å². The molecule has 3 aliphatic heterocycles. The first-order valence-electron chi connectivity index (χ1n) is 17.7. The van der Waals surface area contributed by atoms with Gasteiger partial charge in [0.1, 0.15) is 5.92 Å². The number of fused-ring (bicyclic) bond motifs is 7. The van der Waals surface area contributed by atoms with Crippen LogP contribution in [-0.2, 0) is 19.1 Å². The summed E-state index contributed by atoms with van der Waals surface area (Å²) in [5, 5.41) is 10.2. The van der Waals surface area contributed by atoms with Gasteiger partial charge in [0.15, 0.2) is 11.6 Å². The Hall–Kier alpha value is -3.83. The van der Waals surface area contributed by atoms with Crippen molar-refractivity contribution in [1.82, 2.24) is 9.97 Å². The molecule has 266 valence electrons. The molecule has 4 aliphatic rings. The van der Waals surface area contributed by atoms with Crippen molar-refractivity contribution in [3.63, 3.8) is 0 Å². The molecular formula is C40H46MgN4O6-2. The molecule has 0 saturated carbocycles. The number of hydrogen-bond donors (Lipinski definition) is 0. The summed E-state index contributed by atoms with van der Waals surface area (Å²) in [6, 6.07) is 0. The van der Waals surface area contributed by atoms with E-state index in [4.69, 9.17) is 30.1 Å². The Bertz CT molecular complexity index is 1910. The Kier molecular flexibility index (Phi) is 11.3. The molecule has 2 saturated heterocycles. The summed E-state index contributed by atoms with van der Waals surface area (Å²) < 4.78 is 10.7. The molecule has 6 rings (SSSR count). The fourth-order valence-electron chi connectivity index (χ4n) is 7.92. The van der Waals surface area contributed by atoms with Crippen LogP contribution in [0.5, 0.6) is 0 Å². The van der Waals surface area contributed by atoms with Crippen molar-refractivity contribution >= 4 is 70.4 Å². The van der Waals surface area contributed by atoms with Gasteiger partial charge in [-0.05, 0) is 63.2 Å². The molecule has 8 bridgehead atoms. The number of rotatable bonds is 9. The van der Waals surface area contributed by atoms with Gasteiger partial charge in [-0.15, -0.1) is 22.8 Å². The topological polar surface area (TPSA) is 143 Å². The van der Waals surface area contributed by atoms with Gasteiger partial charge in [0.2, 0.25) is 0 Å². The molecule has 0 spiro atoms. The molecule has 51 heavy (non-hydrogen) atoms. The Morgan fingerprint density at radius 2 is 1.51 bits per heavy atom. The molecule has 0 aromatic carbocycles. The minimum absolute atomic E-state index is 0. The van der Waals surface area contributed by atoms with Crippen molar-refractivity contribution in [3.8, 4) is 0 Å². The molecule has 1 aliphatic carbocycles. The quantitative estimate of drug-likeness (QED) is 0.113. The number of carbonyl (C=O) groups is 4. The van der Waals surface area contributed by atoms with Gasteiger partial charge in [-0.25, -0.2) is 0 Å². The minimum atomic E-state index is -1.23. The predicted molar refractivity (Wildman–Crippen MR) is 197 cm³/mol. The molecule has 0 N–H and O–H groups in total. The normalized spacial score (nSPS) is 27.8. The van der Waals surface area contributed by atoms with Crippen LogP contribution in [0.1, 0.15) is 122 Å². The standard InChI is InChI=1S/C40H48N4O6.Mg/c1-10-24-19(4)26-17-31-33(23(8)45)21(6)28(42-31)15-27-20(5)25(11-12-32(46)50-14-13-18(2)3)37(43-27)35-36(40(48)49-9)39(47)34-22(7)29(44-38(34)35)16-30(24)41-26;/h15-20,24-25,36H,10-14H2,1-9H3,(H2-2,41,42,43,44,45,47);/q-2;+2/p-2/b27-15-,30-16-;. The van der Waals surface area contributed by atoms with E-state index in [1.165, 1.54) is 7.11 Å². The summed E-state index contributed by atoms with van der Waals surface area (Å²) in [6.45, 7) is 16.0. The van der Waals surface area contributed by atoms with E-state index in [-0.39, 0.29) is 70.7 Å². The maximum Gasteiger partial charge on any atom is 2.00 e. The maximum absolute atomic E-state index is 14.2. The van der Waals surface area contributed by atoms with Crippen LogP contribution in [0.15, 0.2) is 22.8 Å². The van der Waals surface area contributed by atoms with Gasteiger partial charge in [0.25, 0.3) is 0 Å². The van der Waals surface area contributed by atoms with Gasteiger partial charge < -0.3 is 30.1 Å². The summed E-state index contributed by atoms with van der Waals surface area (Å²) in [7, 11) is 1.27. The van der Waals surface area contributed by atoms with Gasteiger partial charge in [0.05, 0.1) is 13.7 Å². The Morgan fingerprint density at radius 3 is 2.16 bits per heavy atom. The van der Waals surface area contributed by atoms with Crippen molar-refractivity contribution in [2.75, 3.05) is 13.7 Å². The van der Waals surface area contributed by atoms with E-state index in [9.17, 15) is 19.2 Å². The van der Waals surface area contributed by atoms with E-state index in [0.29, 0.717) is 75.4 Å². The van der Waals surface area contributed by atoms with Crippen LogP contribution in [0.4, 0.5) is 0 Å². The van der Waals surface area contributed by atoms with E-state index in [1.54, 1.807) is 6.92 Å². The summed E-state index contributed by atoms with van der Waals surface area (Å²) in [4.78, 5) is 63.5. The number of methoxy groups -OCH3 is 1. The molecule has 5 heterocycles. The molecule has 11 heteroatoms. The van der Waals surface area contributed by atoms with Gasteiger partial charge >= 0.3 is 35.0 Å². The number of hydrogen-bond acceptors (Lipinski definition) is 6. The van der Waals surface area contributed by atoms with Gasteiger partial charge in [-0.1, -0.05) is 76.0 Å². The average molecular weight is 703 g/mol. The molecule has 0 amide bonds. The van der Waals surface area contributed by atoms with Gasteiger partial charge in [0, 0.05) is 17.5 Å². The van der Waals surface area contributed by atoms with Crippen molar-refractivity contribution < 1.29 is 28.7 Å². The van der Waals surface area contributed by atoms with Crippen LogP contribution in [0.25, 0.3) is 34.4 Å². The van der Waals surface area contributed by atoms with Crippen LogP contribution < -0.4 is 9.97 Å². The number of ether oxygens (including phenoxy) is 2. The van der Waals surface area contributed by atoms with Crippen molar-refractivity contribution in [2.45, 2.75) is 81.1 Å². The SMILES string of the molecule is CCC1/C2=C/c3[n-]c4c(c3C)C(=O)C(C(=O)OC)/C4=C3/[N-]/C(=C\c4[n-]c(c(C(C)=O)c4C)/C=C(\[N-]2)C1C)C(C)C3CCC(=O)OCCC(C)C.[Mg+2]. The molecule has 5 atom stereocenters. The largest absolute Gasteiger partial charge is 2.00 e. The monoisotopic (exact) mass is 702 g/mol. The van der Waals surface area contributed by atoms with Gasteiger partial charge in [-0.2, -0.15) is 22.8 Å². The summed E-state index contributed by atoms with van der Waals surface area (Å²) in [5.74, 6) is -2.67. The van der Waals surface area contributed by atoms with Crippen LogP contribution in [0.3, 0.4) is 0 Å². The van der Waals surface area contributed by atoms with Crippen LogP contribution in [0.2, 0.25) is 0 Å². The number of esters is 2. The summed E-state index contributed by atoms with van der Waals surface area (Å²) in [6.07, 6.45) is 7.87. The second-order valence-electron chi connectivity index (χ2n) is 14.5. The first kappa shape index (κ1) is 38.4. The molecule has 10 nitrogen and oxygen atoms in total. The number of ketones is 2. The van der Waals surface area contributed by atoms with E-state index in [0.717, 1.165) is 29.8 Å². The molecule has 2 aromatic heterocycles. The average Bonchev–Trinajstić information content (AvgIpc) is 3.80. The third kappa shape index (κ3) is 6.79. The number of nitrogens with zero attached hydrogens (tertiary/aromatic N) is 4. The first-order chi connectivity index (χ1) is 23.8. The zero-order valence-electron chi connectivity index (χ0n) is 31.2. The first-order valence-corrected chi connectivity index (χ1v) is 17.7. The Morgan fingerprint density at radius 1 is 0.882 bits per heavy atom. The van der Waals surface area contributed by atoms with Crippen LogP contribution in [0, 0.1) is 49.4 Å². The van der Waals surface area contributed by atoms with Gasteiger partial charge in [-0.3, -0.25) is 19.2 Å². The van der Waals surface area contributed by atoms with E-state index >= 15 is 0 Å². The van der Waals surface area contributed by atoms with E-state index < -0.39 is 11.9 Å². The van der Waals surface area contributed by atoms with Crippen LogP contribution in [-0.4, -0.2) is 60.3 Å². The zero-order chi connectivity index (χ0) is 36.2. The number of carbonyl (C=O) groups excluding carboxylic acids is 4. The molecular weight excluding hydrogens is 657 g/mol. The smallest absolute Gasteiger partial charge is 0.664 e. The zero-order valence-corrected chi connectivity index (χ0v) is 32.6. The summed E-state index contributed by atoms with van der Waals surface area (Å²) >= 11 is 0. The molecule has 2 fully saturated rings. The second-order valence-corrected chi connectivity index (χ2v) is 14.5. The third-order valence-electron chi connectivity index (χ3n) is 10.9. The fourth-order valence-corrected chi connectivity index (χ4v) is 7.92. The van der Waals surface area contributed by atoms with Crippen molar-refractivity contribution in [1.29, 1.82) is 0 Å². The predicted octanol–water partition coefficient (Wildman–Crippen LogP) is 7.53. The Balaban J connectivity index is 0.00000504. The van der Waals surface area contributed by atoms with Crippen LogP contribution >= 0.6 is 0 Å². The molecule has 5 unspecified atom stereocenters. The van der Waals surface area contributed by atoms with E-state index in [1.807, 2.05) is 39.0 Å². The van der Waals surface area contributed by atoms with Crippen molar-refractivity contribution in [3.05, 3.63) is 78.5 Å². The summed E-state index contributed by atoms with van der Waals surface area (Å²) in [5.41, 5.74) is 7.88. The number of aromatic nitrogens is 2. The van der Waals surface area contributed by atoms with Crippen molar-refractivity contribution in [2.24, 2.45) is 35.5 Å². The minimum Gasteiger partial charge on any atom is -0.664 e. The number of allylic oxidation sites excluding steroid dienone is 4. The third-order valence-corrected chi connectivity index (χ3v) is 10.9. The maximum atomic E-state index is 14.2.